The summed E-state index contributed by atoms with van der Waals surface area (Å²) in [6, 6.07) is 113. The number of para-hydroxylation sites is 8. The van der Waals surface area contributed by atoms with Gasteiger partial charge in [-0.1, -0.05) is 188 Å². The van der Waals surface area contributed by atoms with Gasteiger partial charge in [0.05, 0.1) is 33.4 Å². The SMILES string of the molecule is c1ccc(N2c3cc4c(cc3B3c5ccc6c7ccccc7n(-c7ccccc7)c6c5N(c5ccccc5)c5cccc2c53)B2c3ccc5c6ccccc6n(-c6ccccc6)c5c3N(c3ccccc3)c3cccc(c32)N4c2ccccc2)cc1. The van der Waals surface area contributed by atoms with Gasteiger partial charge in [0.1, 0.15) is 0 Å². The first-order valence-corrected chi connectivity index (χ1v) is 29.8. The lowest BCUT2D eigenvalue weighted by molar-refractivity contribution is 1.17. The maximum atomic E-state index is 2.66. The van der Waals surface area contributed by atoms with Crippen molar-refractivity contribution in [3.05, 3.63) is 303 Å². The van der Waals surface area contributed by atoms with Crippen LogP contribution in [-0.4, -0.2) is 22.6 Å². The predicted molar refractivity (Wildman–Crippen MR) is 363 cm³/mol. The standard InChI is InChI=1S/C78H50B2N6/c1-7-25-51(26-8-1)81-67-41-23-43-69-73(67)79(61-47-45-59-57-37-19-21-39-65(57)83(53-29-11-3-12-30-53)75(59)77(61)85(69)55-33-15-5-16-34-55)63-49-64-72(50-71(63)81)82(52-27-9-2-10-28-52)68-42-24-44-70-74(68)80(64)62-48-46-60-58-38-20-22-40-66(58)84(54-31-13-4-14-32-54)76(60)78(62)86(70)56-35-17-6-18-36-56/h1-50H. The topological polar surface area (TPSA) is 22.8 Å². The summed E-state index contributed by atoms with van der Waals surface area (Å²) >= 11 is 0. The Balaban J connectivity index is 0.968. The minimum Gasteiger partial charge on any atom is -0.311 e. The minimum atomic E-state index is -0.170. The van der Waals surface area contributed by atoms with Gasteiger partial charge in [-0.15, -0.1) is 0 Å². The smallest absolute Gasteiger partial charge is 0.252 e. The van der Waals surface area contributed by atoms with Crippen LogP contribution < -0.4 is 52.4 Å². The molecule has 0 aliphatic carbocycles. The molecule has 398 valence electrons. The van der Waals surface area contributed by atoms with Crippen molar-refractivity contribution in [2.45, 2.75) is 0 Å². The van der Waals surface area contributed by atoms with E-state index in [1.807, 2.05) is 0 Å². The molecule has 0 N–H and O–H groups in total. The number of fused-ring (bicyclic) bond motifs is 16. The number of hydrogen-bond acceptors (Lipinski definition) is 4. The van der Waals surface area contributed by atoms with E-state index in [2.05, 4.69) is 332 Å². The third-order valence-corrected chi connectivity index (χ3v) is 18.8. The van der Waals surface area contributed by atoms with Crippen molar-refractivity contribution >= 4 is 158 Å². The molecular formula is C78H50B2N6. The fourth-order valence-corrected chi connectivity index (χ4v) is 15.5. The van der Waals surface area contributed by atoms with Crippen LogP contribution in [0.2, 0.25) is 0 Å². The highest BCUT2D eigenvalue weighted by Crippen LogP contribution is 2.52. The highest BCUT2D eigenvalue weighted by molar-refractivity contribution is 7.03. The first-order chi connectivity index (χ1) is 42.8. The van der Waals surface area contributed by atoms with E-state index in [0.717, 1.165) is 45.5 Å². The van der Waals surface area contributed by atoms with Gasteiger partial charge >= 0.3 is 0 Å². The van der Waals surface area contributed by atoms with Gasteiger partial charge in [0, 0.05) is 89.8 Å². The minimum absolute atomic E-state index is 0.170. The second kappa shape index (κ2) is 18.1. The number of anilines is 12. The van der Waals surface area contributed by atoms with Gasteiger partial charge in [0.2, 0.25) is 0 Å². The first kappa shape index (κ1) is 47.3. The van der Waals surface area contributed by atoms with Gasteiger partial charge in [-0.05, 0) is 148 Å². The molecule has 0 bridgehead atoms. The van der Waals surface area contributed by atoms with Crippen molar-refractivity contribution in [1.29, 1.82) is 0 Å². The van der Waals surface area contributed by atoms with Crippen LogP contribution in [0.5, 0.6) is 0 Å². The van der Waals surface area contributed by atoms with Crippen LogP contribution in [0.1, 0.15) is 0 Å². The lowest BCUT2D eigenvalue weighted by Crippen LogP contribution is -2.65. The Morgan fingerprint density at radius 3 is 0.895 bits per heavy atom. The second-order valence-corrected chi connectivity index (χ2v) is 23.1. The van der Waals surface area contributed by atoms with Gasteiger partial charge in [-0.3, -0.25) is 0 Å². The molecule has 0 radical (unpaired) electrons. The third kappa shape index (κ3) is 6.47. The van der Waals surface area contributed by atoms with Crippen LogP contribution in [0.3, 0.4) is 0 Å². The van der Waals surface area contributed by atoms with Crippen LogP contribution in [0.25, 0.3) is 55.0 Å². The van der Waals surface area contributed by atoms with Gasteiger partial charge in [-0.25, -0.2) is 0 Å². The zero-order chi connectivity index (χ0) is 56.1. The van der Waals surface area contributed by atoms with Gasteiger partial charge in [-0.2, -0.15) is 0 Å². The molecule has 0 atom stereocenters. The average molecular weight is 1090 g/mol. The Morgan fingerprint density at radius 2 is 0.523 bits per heavy atom. The molecule has 0 saturated carbocycles. The number of nitrogens with zero attached hydrogens (tertiary/aromatic N) is 6. The summed E-state index contributed by atoms with van der Waals surface area (Å²) in [4.78, 5) is 10.3. The molecule has 0 unspecified atom stereocenters. The van der Waals surface area contributed by atoms with E-state index in [1.165, 1.54) is 111 Å². The number of rotatable bonds is 6. The summed E-state index contributed by atoms with van der Waals surface area (Å²) in [6.45, 7) is -0.339. The number of aromatic nitrogens is 2. The molecule has 2 aromatic heterocycles. The summed E-state index contributed by atoms with van der Waals surface area (Å²) in [5.74, 6) is 0. The van der Waals surface area contributed by atoms with Crippen molar-refractivity contribution in [1.82, 2.24) is 9.13 Å². The molecule has 0 fully saturated rings. The lowest BCUT2D eigenvalue weighted by Gasteiger charge is -2.47. The monoisotopic (exact) mass is 1090 g/mol. The molecule has 86 heavy (non-hydrogen) atoms. The van der Waals surface area contributed by atoms with Crippen LogP contribution in [-0.2, 0) is 0 Å². The quantitative estimate of drug-likeness (QED) is 0.155. The molecule has 19 rings (SSSR count). The van der Waals surface area contributed by atoms with E-state index < -0.39 is 0 Å². The maximum Gasteiger partial charge on any atom is 0.252 e. The number of hydrogen-bond donors (Lipinski definition) is 0. The Kier molecular flexibility index (Phi) is 9.98. The normalized spacial score (nSPS) is 13.4. The summed E-state index contributed by atoms with van der Waals surface area (Å²) in [7, 11) is 0. The van der Waals surface area contributed by atoms with Crippen molar-refractivity contribution in [3.8, 4) is 11.4 Å². The first-order valence-electron chi connectivity index (χ1n) is 29.8. The molecule has 4 aliphatic rings. The van der Waals surface area contributed by atoms with Gasteiger partial charge < -0.3 is 28.7 Å². The molecule has 4 aliphatic heterocycles. The summed E-state index contributed by atoms with van der Waals surface area (Å²) in [6.07, 6.45) is 0. The fourth-order valence-electron chi connectivity index (χ4n) is 15.5. The molecule has 0 spiro atoms. The van der Waals surface area contributed by atoms with Crippen LogP contribution in [0.4, 0.5) is 68.2 Å². The largest absolute Gasteiger partial charge is 0.311 e. The lowest BCUT2D eigenvalue weighted by atomic mass is 9.30. The van der Waals surface area contributed by atoms with Crippen molar-refractivity contribution in [2.24, 2.45) is 0 Å². The van der Waals surface area contributed by atoms with Crippen LogP contribution >= 0.6 is 0 Å². The number of benzene rings is 13. The zero-order valence-electron chi connectivity index (χ0n) is 46.7. The maximum absolute atomic E-state index is 2.66. The zero-order valence-corrected chi connectivity index (χ0v) is 46.7. The molecular weight excluding hydrogens is 1040 g/mol. The van der Waals surface area contributed by atoms with E-state index in [9.17, 15) is 0 Å². The summed E-state index contributed by atoms with van der Waals surface area (Å²) in [5, 5.41) is 4.90. The van der Waals surface area contributed by atoms with E-state index >= 15 is 0 Å². The average Bonchev–Trinajstić information content (AvgIpc) is 1.02. The molecule has 6 nitrogen and oxygen atoms in total. The third-order valence-electron chi connectivity index (χ3n) is 18.8. The second-order valence-electron chi connectivity index (χ2n) is 23.1. The molecule has 15 aromatic rings. The fraction of sp³-hybridized carbons (Fsp3) is 0. The Hall–Kier alpha value is -11.2. The van der Waals surface area contributed by atoms with Crippen molar-refractivity contribution in [2.75, 3.05) is 19.6 Å². The Bertz CT molecular complexity index is 4940. The predicted octanol–water partition coefficient (Wildman–Crippen LogP) is 16.0. The molecule has 0 saturated heterocycles. The highest BCUT2D eigenvalue weighted by Gasteiger charge is 2.49. The van der Waals surface area contributed by atoms with E-state index in [0.29, 0.717) is 0 Å². The molecule has 0 amide bonds. The van der Waals surface area contributed by atoms with Crippen molar-refractivity contribution in [3.63, 3.8) is 0 Å². The van der Waals surface area contributed by atoms with Crippen molar-refractivity contribution < 1.29 is 0 Å². The Labute approximate surface area is 498 Å². The summed E-state index contributed by atoms with van der Waals surface area (Å²) < 4.78 is 5.04. The van der Waals surface area contributed by atoms with Gasteiger partial charge in [0.15, 0.2) is 0 Å². The van der Waals surface area contributed by atoms with Crippen LogP contribution in [0, 0.1) is 0 Å². The van der Waals surface area contributed by atoms with E-state index in [1.54, 1.807) is 0 Å². The molecule has 6 heterocycles. The Morgan fingerprint density at radius 1 is 0.209 bits per heavy atom. The summed E-state index contributed by atoms with van der Waals surface area (Å²) in [5.41, 5.74) is 28.5. The molecule has 8 heteroatoms. The highest BCUT2D eigenvalue weighted by atomic mass is 15.2. The van der Waals surface area contributed by atoms with E-state index in [4.69, 9.17) is 0 Å². The van der Waals surface area contributed by atoms with Crippen LogP contribution in [0.15, 0.2) is 303 Å². The van der Waals surface area contributed by atoms with Gasteiger partial charge in [0.25, 0.3) is 13.4 Å². The molecule has 13 aromatic carbocycles. The van der Waals surface area contributed by atoms with E-state index in [-0.39, 0.29) is 13.4 Å².